The molecule has 2 unspecified atom stereocenters. The lowest BCUT2D eigenvalue weighted by atomic mass is 10.1. The molecule has 1 aliphatic rings. The number of benzene rings is 2. The minimum atomic E-state index is -0.319. The maximum atomic E-state index is 13.5. The molecule has 2 aromatic carbocycles. The van der Waals surface area contributed by atoms with E-state index in [1.807, 2.05) is 55.6 Å². The summed E-state index contributed by atoms with van der Waals surface area (Å²) in [6.07, 6.45) is 0. The first-order chi connectivity index (χ1) is 15.8. The summed E-state index contributed by atoms with van der Waals surface area (Å²) in [7, 11) is 3.90. The normalized spacial score (nSPS) is 14.4. The number of nitrogens with one attached hydrogen (secondary N) is 1. The van der Waals surface area contributed by atoms with Crippen molar-refractivity contribution in [3.63, 3.8) is 0 Å². The lowest BCUT2D eigenvalue weighted by molar-refractivity contribution is -0.119. The standard InChI is InChI=1S/C23H26FN5O3S/c1-14(16-5-10-19-20(11-16)32-13-31-19)25-21(30)12-33-23-27-26-22(15(2)28(3)4)29(23)18-8-6-17(24)7-9-18/h5-11,14-15H,12-13H2,1-4H3,(H,25,30). The van der Waals surface area contributed by atoms with Gasteiger partial charge in [0, 0.05) is 5.69 Å². The summed E-state index contributed by atoms with van der Waals surface area (Å²) in [5.74, 6) is 1.79. The van der Waals surface area contributed by atoms with Crippen molar-refractivity contribution in [1.82, 2.24) is 25.0 Å². The van der Waals surface area contributed by atoms with Crippen LogP contribution in [0.25, 0.3) is 5.69 Å². The van der Waals surface area contributed by atoms with Crippen molar-refractivity contribution in [3.8, 4) is 17.2 Å². The minimum Gasteiger partial charge on any atom is -0.454 e. The van der Waals surface area contributed by atoms with Gasteiger partial charge in [-0.05, 0) is 69.9 Å². The highest BCUT2D eigenvalue weighted by atomic mass is 32.2. The lowest BCUT2D eigenvalue weighted by Gasteiger charge is -2.20. The second-order valence-corrected chi connectivity index (χ2v) is 8.93. The summed E-state index contributed by atoms with van der Waals surface area (Å²) >= 11 is 1.28. The first kappa shape index (κ1) is 23.1. The number of halogens is 1. The maximum absolute atomic E-state index is 13.5. The Balaban J connectivity index is 1.47. The van der Waals surface area contributed by atoms with E-state index >= 15 is 0 Å². The van der Waals surface area contributed by atoms with Gasteiger partial charge in [0.15, 0.2) is 22.5 Å². The van der Waals surface area contributed by atoms with E-state index in [4.69, 9.17) is 9.47 Å². The number of hydrogen-bond acceptors (Lipinski definition) is 7. The Bertz CT molecular complexity index is 1140. The Morgan fingerprint density at radius 3 is 2.61 bits per heavy atom. The fourth-order valence-electron chi connectivity index (χ4n) is 3.39. The summed E-state index contributed by atoms with van der Waals surface area (Å²) in [4.78, 5) is 14.7. The fourth-order valence-corrected chi connectivity index (χ4v) is 4.16. The van der Waals surface area contributed by atoms with Crippen LogP contribution < -0.4 is 14.8 Å². The van der Waals surface area contributed by atoms with Crippen molar-refractivity contribution in [2.24, 2.45) is 0 Å². The van der Waals surface area contributed by atoms with E-state index in [-0.39, 0.29) is 36.4 Å². The monoisotopic (exact) mass is 471 g/mol. The number of ether oxygens (including phenoxy) is 2. The van der Waals surface area contributed by atoms with Gasteiger partial charge in [0.25, 0.3) is 0 Å². The summed E-state index contributed by atoms with van der Waals surface area (Å²) < 4.78 is 26.1. The number of amides is 1. The second-order valence-electron chi connectivity index (χ2n) is 7.98. The molecule has 33 heavy (non-hydrogen) atoms. The number of rotatable bonds is 8. The molecule has 0 aliphatic carbocycles. The number of thioether (sulfide) groups is 1. The maximum Gasteiger partial charge on any atom is 0.231 e. The van der Waals surface area contributed by atoms with Crippen molar-refractivity contribution < 1.29 is 18.7 Å². The molecule has 1 aromatic heterocycles. The van der Waals surface area contributed by atoms with E-state index in [2.05, 4.69) is 15.5 Å². The van der Waals surface area contributed by atoms with Crippen LogP contribution in [0.5, 0.6) is 11.5 Å². The molecule has 2 heterocycles. The molecule has 0 saturated carbocycles. The first-order valence-electron chi connectivity index (χ1n) is 10.5. The molecule has 0 radical (unpaired) electrons. The molecular formula is C23H26FN5O3S. The summed E-state index contributed by atoms with van der Waals surface area (Å²) in [6, 6.07) is 11.5. The number of carbonyl (C=O) groups excluding carboxylic acids is 1. The van der Waals surface area contributed by atoms with Crippen LogP contribution in [0.1, 0.15) is 37.3 Å². The highest BCUT2D eigenvalue weighted by molar-refractivity contribution is 7.99. The van der Waals surface area contributed by atoms with Gasteiger partial charge in [0.1, 0.15) is 5.82 Å². The van der Waals surface area contributed by atoms with Gasteiger partial charge in [-0.3, -0.25) is 14.3 Å². The lowest BCUT2D eigenvalue weighted by Crippen LogP contribution is -2.28. The number of carbonyl (C=O) groups is 1. The van der Waals surface area contributed by atoms with Gasteiger partial charge in [-0.1, -0.05) is 17.8 Å². The Hall–Kier alpha value is -3.11. The Morgan fingerprint density at radius 1 is 1.15 bits per heavy atom. The quantitative estimate of drug-likeness (QED) is 0.502. The smallest absolute Gasteiger partial charge is 0.231 e. The molecule has 1 amide bonds. The molecule has 4 rings (SSSR count). The number of nitrogens with zero attached hydrogens (tertiary/aromatic N) is 4. The van der Waals surface area contributed by atoms with Crippen LogP contribution >= 0.6 is 11.8 Å². The minimum absolute atomic E-state index is 0.0308. The number of aromatic nitrogens is 3. The average Bonchev–Trinajstić information content (AvgIpc) is 3.44. The molecule has 2 atom stereocenters. The average molecular weight is 472 g/mol. The van der Waals surface area contributed by atoms with Crippen LogP contribution in [-0.4, -0.2) is 52.2 Å². The van der Waals surface area contributed by atoms with Gasteiger partial charge in [0.05, 0.1) is 17.8 Å². The second kappa shape index (κ2) is 9.80. The van der Waals surface area contributed by atoms with E-state index in [1.54, 1.807) is 12.1 Å². The molecule has 0 saturated heterocycles. The third-order valence-corrected chi connectivity index (χ3v) is 6.43. The Kier molecular flexibility index (Phi) is 6.85. The predicted molar refractivity (Wildman–Crippen MR) is 123 cm³/mol. The topological polar surface area (TPSA) is 81.5 Å². The van der Waals surface area contributed by atoms with E-state index in [0.29, 0.717) is 22.5 Å². The highest BCUT2D eigenvalue weighted by Crippen LogP contribution is 2.34. The summed E-state index contributed by atoms with van der Waals surface area (Å²) in [6.45, 7) is 4.13. The third-order valence-electron chi connectivity index (χ3n) is 5.50. The van der Waals surface area contributed by atoms with Crippen molar-refractivity contribution in [1.29, 1.82) is 0 Å². The Morgan fingerprint density at radius 2 is 1.88 bits per heavy atom. The SMILES string of the molecule is CC(NC(=O)CSc1nnc(C(C)N(C)C)n1-c1ccc(F)cc1)c1ccc2c(c1)OCO2. The van der Waals surface area contributed by atoms with Gasteiger partial charge in [-0.15, -0.1) is 10.2 Å². The van der Waals surface area contributed by atoms with Gasteiger partial charge in [0.2, 0.25) is 12.7 Å². The largest absolute Gasteiger partial charge is 0.454 e. The molecule has 8 nitrogen and oxygen atoms in total. The fraction of sp³-hybridized carbons (Fsp3) is 0.348. The predicted octanol–water partition coefficient (Wildman–Crippen LogP) is 3.73. The zero-order valence-electron chi connectivity index (χ0n) is 18.9. The van der Waals surface area contributed by atoms with E-state index in [1.165, 1.54) is 23.9 Å². The molecule has 0 bridgehead atoms. The third kappa shape index (κ3) is 5.12. The van der Waals surface area contributed by atoms with E-state index in [9.17, 15) is 9.18 Å². The number of hydrogen-bond donors (Lipinski definition) is 1. The van der Waals surface area contributed by atoms with Crippen LogP contribution in [0.4, 0.5) is 4.39 Å². The van der Waals surface area contributed by atoms with Crippen molar-refractivity contribution in [2.45, 2.75) is 31.1 Å². The van der Waals surface area contributed by atoms with Crippen molar-refractivity contribution >= 4 is 17.7 Å². The van der Waals surface area contributed by atoms with Gasteiger partial charge < -0.3 is 14.8 Å². The van der Waals surface area contributed by atoms with Crippen LogP contribution in [-0.2, 0) is 4.79 Å². The van der Waals surface area contributed by atoms with Crippen LogP contribution in [0.15, 0.2) is 47.6 Å². The van der Waals surface area contributed by atoms with E-state index < -0.39 is 0 Å². The van der Waals surface area contributed by atoms with E-state index in [0.717, 1.165) is 11.3 Å². The zero-order valence-corrected chi connectivity index (χ0v) is 19.7. The molecular weight excluding hydrogens is 445 g/mol. The van der Waals surface area contributed by atoms with Gasteiger partial charge in [-0.25, -0.2) is 4.39 Å². The van der Waals surface area contributed by atoms with Gasteiger partial charge >= 0.3 is 0 Å². The first-order valence-corrected chi connectivity index (χ1v) is 11.5. The Labute approximate surface area is 196 Å². The highest BCUT2D eigenvalue weighted by Gasteiger charge is 2.22. The van der Waals surface area contributed by atoms with Gasteiger partial charge in [-0.2, -0.15) is 0 Å². The zero-order chi connectivity index (χ0) is 23.5. The summed E-state index contributed by atoms with van der Waals surface area (Å²) in [5.41, 5.74) is 1.66. The van der Waals surface area contributed by atoms with Crippen molar-refractivity contribution in [3.05, 3.63) is 59.7 Å². The molecule has 3 aromatic rings. The van der Waals surface area contributed by atoms with Crippen LogP contribution in [0, 0.1) is 5.82 Å². The molecule has 1 N–H and O–H groups in total. The molecule has 174 valence electrons. The van der Waals surface area contributed by atoms with Crippen LogP contribution in [0.3, 0.4) is 0 Å². The van der Waals surface area contributed by atoms with Crippen molar-refractivity contribution in [2.75, 3.05) is 26.6 Å². The molecule has 10 heteroatoms. The molecule has 1 aliphatic heterocycles. The van der Waals surface area contributed by atoms with Crippen LogP contribution in [0.2, 0.25) is 0 Å². The molecule has 0 fully saturated rings. The number of fused-ring (bicyclic) bond motifs is 1. The summed E-state index contributed by atoms with van der Waals surface area (Å²) in [5, 5.41) is 12.2. The molecule has 0 spiro atoms.